The molecular weight excluding hydrogens is 292 g/mol. The first-order valence-electron chi connectivity index (χ1n) is 7.21. The number of aromatic nitrogens is 1. The predicted octanol–water partition coefficient (Wildman–Crippen LogP) is 2.48. The molecule has 0 aliphatic heterocycles. The van der Waals surface area contributed by atoms with Gasteiger partial charge in [-0.1, -0.05) is 35.9 Å². The summed E-state index contributed by atoms with van der Waals surface area (Å²) < 4.78 is 1.60. The molecule has 0 saturated heterocycles. The molecule has 2 N–H and O–H groups in total. The lowest BCUT2D eigenvalue weighted by molar-refractivity contribution is 0.0706. The maximum atomic E-state index is 12.6. The highest BCUT2D eigenvalue weighted by Crippen LogP contribution is 2.13. The number of carbonyl (C=O) groups excluding carboxylic acids is 1. The van der Waals surface area contributed by atoms with E-state index in [0.29, 0.717) is 11.9 Å². The Morgan fingerprint density at radius 2 is 1.87 bits per heavy atom. The van der Waals surface area contributed by atoms with Crippen molar-refractivity contribution in [3.8, 4) is 0 Å². The molecule has 2 aromatic carbocycles. The minimum atomic E-state index is -0.639. The third-order valence-electron chi connectivity index (χ3n) is 3.82. The fourth-order valence-corrected chi connectivity index (χ4v) is 2.50. The largest absolute Gasteiger partial charge is 0.311 e. The molecule has 0 aliphatic rings. The molecule has 0 unspecified atom stereocenters. The topological polar surface area (TPSA) is 71.3 Å². The summed E-state index contributed by atoms with van der Waals surface area (Å²) >= 11 is 0. The number of nitrogens with zero attached hydrogens (tertiary/aromatic N) is 1. The maximum absolute atomic E-state index is 12.6. The van der Waals surface area contributed by atoms with E-state index in [4.69, 9.17) is 5.21 Å². The summed E-state index contributed by atoms with van der Waals surface area (Å²) in [6.07, 6.45) is 1.75. The van der Waals surface area contributed by atoms with E-state index in [2.05, 4.69) is 0 Å². The number of hydroxylamine groups is 1. The fraction of sp³-hybridized carbons (Fsp3) is 0.111. The molecule has 0 atom stereocenters. The Morgan fingerprint density at radius 3 is 2.57 bits per heavy atom. The zero-order valence-electron chi connectivity index (χ0n) is 12.6. The van der Waals surface area contributed by atoms with Gasteiger partial charge >= 0.3 is 0 Å². The highest BCUT2D eigenvalue weighted by molar-refractivity contribution is 5.97. The van der Waals surface area contributed by atoms with E-state index in [0.717, 1.165) is 10.9 Å². The molecule has 0 saturated carbocycles. The van der Waals surface area contributed by atoms with Crippen LogP contribution in [0.1, 0.15) is 21.5 Å². The van der Waals surface area contributed by atoms with E-state index < -0.39 is 5.91 Å². The summed E-state index contributed by atoms with van der Waals surface area (Å²) in [5.74, 6) is -0.639. The first-order valence-corrected chi connectivity index (χ1v) is 7.21. The smallest absolute Gasteiger partial charge is 0.274 e. The molecule has 0 aliphatic carbocycles. The second kappa shape index (κ2) is 6.06. The lowest BCUT2D eigenvalue weighted by atomic mass is 10.1. The molecule has 1 amide bonds. The zero-order valence-corrected chi connectivity index (χ0v) is 12.6. The van der Waals surface area contributed by atoms with Crippen LogP contribution in [0.3, 0.4) is 0 Å². The van der Waals surface area contributed by atoms with Crippen molar-refractivity contribution in [1.82, 2.24) is 10.0 Å². The van der Waals surface area contributed by atoms with Gasteiger partial charge < -0.3 is 4.57 Å². The molecule has 0 bridgehead atoms. The number of nitrogens with one attached hydrogen (secondary N) is 1. The first-order chi connectivity index (χ1) is 11.1. The number of benzene rings is 2. The van der Waals surface area contributed by atoms with Crippen molar-refractivity contribution in [3.63, 3.8) is 0 Å². The molecule has 0 radical (unpaired) electrons. The van der Waals surface area contributed by atoms with Crippen LogP contribution in [0.4, 0.5) is 0 Å². The van der Waals surface area contributed by atoms with Gasteiger partial charge in [-0.2, -0.15) is 0 Å². The van der Waals surface area contributed by atoms with E-state index in [1.54, 1.807) is 28.4 Å². The van der Waals surface area contributed by atoms with Gasteiger partial charge in [0.2, 0.25) is 0 Å². The van der Waals surface area contributed by atoms with E-state index in [1.807, 2.05) is 37.3 Å². The second-order valence-electron chi connectivity index (χ2n) is 5.48. The lowest BCUT2D eigenvalue weighted by Gasteiger charge is -2.08. The average molecular weight is 308 g/mol. The molecule has 23 heavy (non-hydrogen) atoms. The van der Waals surface area contributed by atoms with Crippen LogP contribution in [0.2, 0.25) is 0 Å². The molecule has 0 spiro atoms. The number of fused-ring (bicyclic) bond motifs is 1. The summed E-state index contributed by atoms with van der Waals surface area (Å²) in [5, 5.41) is 9.92. The van der Waals surface area contributed by atoms with Gasteiger partial charge in [-0.25, -0.2) is 5.48 Å². The van der Waals surface area contributed by atoms with Crippen LogP contribution in [-0.2, 0) is 6.54 Å². The van der Waals surface area contributed by atoms with Crippen LogP contribution in [0.15, 0.2) is 59.5 Å². The highest BCUT2D eigenvalue weighted by Gasteiger charge is 2.08. The van der Waals surface area contributed by atoms with Crippen molar-refractivity contribution in [2.45, 2.75) is 13.5 Å². The summed E-state index contributed by atoms with van der Waals surface area (Å²) in [6, 6.07) is 14.6. The van der Waals surface area contributed by atoms with Crippen molar-refractivity contribution >= 4 is 16.7 Å². The third kappa shape index (κ3) is 3.00. The Kier molecular flexibility index (Phi) is 3.95. The number of carbonyl (C=O) groups is 1. The first kappa shape index (κ1) is 15.0. The molecular formula is C18H16N2O3. The monoisotopic (exact) mass is 308 g/mol. The van der Waals surface area contributed by atoms with Crippen molar-refractivity contribution in [1.29, 1.82) is 0 Å². The van der Waals surface area contributed by atoms with Gasteiger partial charge in [-0.05, 0) is 36.1 Å². The molecule has 1 heterocycles. The van der Waals surface area contributed by atoms with Crippen LogP contribution >= 0.6 is 0 Å². The van der Waals surface area contributed by atoms with Crippen LogP contribution in [0.25, 0.3) is 10.8 Å². The number of aryl methyl sites for hydroxylation is 1. The van der Waals surface area contributed by atoms with Gasteiger partial charge in [-0.3, -0.25) is 14.8 Å². The third-order valence-corrected chi connectivity index (χ3v) is 3.82. The number of pyridine rings is 1. The van der Waals surface area contributed by atoms with Gasteiger partial charge in [0.1, 0.15) is 0 Å². The summed E-state index contributed by atoms with van der Waals surface area (Å²) in [5.41, 5.74) is 3.84. The Morgan fingerprint density at radius 1 is 1.13 bits per heavy atom. The van der Waals surface area contributed by atoms with E-state index in [-0.39, 0.29) is 11.1 Å². The molecule has 5 nitrogen and oxygen atoms in total. The number of amides is 1. The fourth-order valence-electron chi connectivity index (χ4n) is 2.50. The maximum Gasteiger partial charge on any atom is 0.274 e. The van der Waals surface area contributed by atoms with Crippen molar-refractivity contribution < 1.29 is 10.0 Å². The van der Waals surface area contributed by atoms with Gasteiger partial charge in [-0.15, -0.1) is 0 Å². The quantitative estimate of drug-likeness (QED) is 0.577. The van der Waals surface area contributed by atoms with Gasteiger partial charge in [0.25, 0.3) is 11.5 Å². The summed E-state index contributed by atoms with van der Waals surface area (Å²) in [6.45, 7) is 2.48. The SMILES string of the molecule is Cc1ccc(Cn2ccc3ccc(C(=O)NO)cc3c2=O)cc1. The normalized spacial score (nSPS) is 10.7. The molecule has 3 aromatic rings. The Labute approximate surface area is 132 Å². The highest BCUT2D eigenvalue weighted by atomic mass is 16.5. The van der Waals surface area contributed by atoms with Gasteiger partial charge in [0.05, 0.1) is 6.54 Å². The molecule has 116 valence electrons. The molecule has 3 rings (SSSR count). The van der Waals surface area contributed by atoms with Gasteiger partial charge in [0.15, 0.2) is 0 Å². The van der Waals surface area contributed by atoms with Crippen LogP contribution in [-0.4, -0.2) is 15.7 Å². The Bertz CT molecular complexity index is 927. The number of hydrogen-bond acceptors (Lipinski definition) is 3. The molecule has 5 heteroatoms. The number of rotatable bonds is 3. The van der Waals surface area contributed by atoms with E-state index in [9.17, 15) is 9.59 Å². The number of hydrogen-bond donors (Lipinski definition) is 2. The van der Waals surface area contributed by atoms with Gasteiger partial charge in [0, 0.05) is 17.1 Å². The van der Waals surface area contributed by atoms with Crippen molar-refractivity contribution in [3.05, 3.63) is 81.8 Å². The summed E-state index contributed by atoms with van der Waals surface area (Å²) in [4.78, 5) is 24.1. The standard InChI is InChI=1S/C18H16N2O3/c1-12-2-4-13(5-3-12)11-20-9-8-14-6-7-15(17(21)19-23)10-16(14)18(20)22/h2-10,23H,11H2,1H3,(H,19,21). The lowest BCUT2D eigenvalue weighted by Crippen LogP contribution is -2.22. The minimum absolute atomic E-state index is 0.171. The van der Waals surface area contributed by atoms with Crippen molar-refractivity contribution in [2.24, 2.45) is 0 Å². The molecule has 1 aromatic heterocycles. The van der Waals surface area contributed by atoms with E-state index in [1.165, 1.54) is 11.6 Å². The zero-order chi connectivity index (χ0) is 16.4. The second-order valence-corrected chi connectivity index (χ2v) is 5.48. The summed E-state index contributed by atoms with van der Waals surface area (Å²) in [7, 11) is 0. The Hall–Kier alpha value is -2.92. The average Bonchev–Trinajstić information content (AvgIpc) is 2.58. The van der Waals surface area contributed by atoms with Crippen LogP contribution in [0.5, 0.6) is 0 Å². The van der Waals surface area contributed by atoms with Crippen LogP contribution < -0.4 is 11.0 Å². The minimum Gasteiger partial charge on any atom is -0.311 e. The Balaban J connectivity index is 2.04. The molecule has 0 fully saturated rings. The van der Waals surface area contributed by atoms with E-state index >= 15 is 0 Å². The predicted molar refractivity (Wildman–Crippen MR) is 87.7 cm³/mol. The van der Waals surface area contributed by atoms with Crippen LogP contribution in [0, 0.1) is 6.92 Å². The van der Waals surface area contributed by atoms with Crippen molar-refractivity contribution in [2.75, 3.05) is 0 Å².